The number of benzene rings is 2. The minimum atomic E-state index is -1.54. The van der Waals surface area contributed by atoms with Gasteiger partial charge < -0.3 is 0 Å². The van der Waals surface area contributed by atoms with Crippen LogP contribution >= 0.6 is 0 Å². The first-order valence-electron chi connectivity index (χ1n) is 4.88. The summed E-state index contributed by atoms with van der Waals surface area (Å²) >= 11 is 0. The fourth-order valence-electron chi connectivity index (χ4n) is 1.50. The number of non-ortho nitro benzene ring substituents is 1. The Kier molecular flexibility index (Phi) is 3.01. The first-order valence-corrected chi connectivity index (χ1v) is 4.88. The summed E-state index contributed by atoms with van der Waals surface area (Å²) in [5.41, 5.74) is 0.335. The van der Waals surface area contributed by atoms with Crippen LogP contribution in [0.25, 0.3) is 11.1 Å². The molecule has 0 saturated carbocycles. The van der Waals surface area contributed by atoms with Crippen LogP contribution in [0.15, 0.2) is 36.4 Å². The molecule has 0 N–H and O–H groups in total. The molecule has 0 atom stereocenters. The van der Waals surface area contributed by atoms with Crippen LogP contribution in [0.4, 0.5) is 18.9 Å². The topological polar surface area (TPSA) is 43.1 Å². The van der Waals surface area contributed by atoms with E-state index in [0.29, 0.717) is 5.56 Å². The lowest BCUT2D eigenvalue weighted by Crippen LogP contribution is -1.92. The van der Waals surface area contributed by atoms with Crippen LogP contribution in [0.3, 0.4) is 0 Å². The third kappa shape index (κ3) is 2.17. The van der Waals surface area contributed by atoms with Gasteiger partial charge >= 0.3 is 0 Å². The third-order valence-electron chi connectivity index (χ3n) is 2.40. The maximum Gasteiger partial charge on any atom is 0.269 e. The fourth-order valence-corrected chi connectivity index (χ4v) is 1.50. The predicted molar refractivity (Wildman–Crippen MR) is 58.4 cm³/mol. The van der Waals surface area contributed by atoms with E-state index in [9.17, 15) is 23.3 Å². The van der Waals surface area contributed by atoms with Gasteiger partial charge in [-0.25, -0.2) is 13.2 Å². The molecule has 0 unspecified atom stereocenters. The highest BCUT2D eigenvalue weighted by atomic mass is 19.2. The Morgan fingerprint density at radius 2 is 1.39 bits per heavy atom. The van der Waals surface area contributed by atoms with Crippen LogP contribution in [0, 0.1) is 27.6 Å². The quantitative estimate of drug-likeness (QED) is 0.465. The lowest BCUT2D eigenvalue weighted by molar-refractivity contribution is -0.384. The molecule has 0 bridgehead atoms. The zero-order valence-corrected chi connectivity index (χ0v) is 8.86. The minimum absolute atomic E-state index is 0.112. The Morgan fingerprint density at radius 1 is 0.889 bits per heavy atom. The van der Waals surface area contributed by atoms with E-state index in [0.717, 1.165) is 12.1 Å². The number of halogens is 3. The van der Waals surface area contributed by atoms with Gasteiger partial charge in [-0.3, -0.25) is 10.1 Å². The van der Waals surface area contributed by atoms with E-state index in [4.69, 9.17) is 0 Å². The summed E-state index contributed by atoms with van der Waals surface area (Å²) in [5, 5.41) is 10.4. The van der Waals surface area contributed by atoms with Crippen LogP contribution in [-0.4, -0.2) is 4.92 Å². The number of nitro benzene ring substituents is 1. The summed E-state index contributed by atoms with van der Waals surface area (Å²) in [6.07, 6.45) is 0. The zero-order valence-electron chi connectivity index (χ0n) is 8.86. The average molecular weight is 253 g/mol. The molecule has 0 aliphatic carbocycles. The molecular formula is C12H6F3NO2. The van der Waals surface area contributed by atoms with Crippen LogP contribution in [0.1, 0.15) is 0 Å². The molecule has 2 rings (SSSR count). The van der Waals surface area contributed by atoms with Crippen molar-refractivity contribution in [3.05, 3.63) is 64.0 Å². The maximum atomic E-state index is 13.0. The van der Waals surface area contributed by atoms with Crippen molar-refractivity contribution in [1.82, 2.24) is 0 Å². The number of nitro groups is 1. The van der Waals surface area contributed by atoms with Gasteiger partial charge in [0.15, 0.2) is 17.5 Å². The second-order valence-electron chi connectivity index (χ2n) is 3.56. The van der Waals surface area contributed by atoms with Gasteiger partial charge in [-0.2, -0.15) is 0 Å². The minimum Gasteiger partial charge on any atom is -0.258 e. The predicted octanol–water partition coefficient (Wildman–Crippen LogP) is 3.68. The van der Waals surface area contributed by atoms with Gasteiger partial charge in [0.25, 0.3) is 5.69 Å². The Balaban J connectivity index is 2.46. The van der Waals surface area contributed by atoms with E-state index in [1.807, 2.05) is 0 Å². The van der Waals surface area contributed by atoms with E-state index < -0.39 is 22.4 Å². The highest BCUT2D eigenvalue weighted by Gasteiger charge is 2.12. The highest BCUT2D eigenvalue weighted by Crippen LogP contribution is 2.25. The number of hydrogen-bond acceptors (Lipinski definition) is 2. The normalized spacial score (nSPS) is 10.4. The van der Waals surface area contributed by atoms with Gasteiger partial charge in [-0.1, -0.05) is 0 Å². The first-order chi connectivity index (χ1) is 8.49. The number of hydrogen-bond donors (Lipinski definition) is 0. The van der Waals surface area contributed by atoms with Crippen molar-refractivity contribution in [3.8, 4) is 11.1 Å². The molecule has 0 radical (unpaired) electrons. The van der Waals surface area contributed by atoms with Crippen molar-refractivity contribution < 1.29 is 18.1 Å². The van der Waals surface area contributed by atoms with Crippen LogP contribution in [0.2, 0.25) is 0 Å². The molecule has 0 fully saturated rings. The monoisotopic (exact) mass is 253 g/mol. The van der Waals surface area contributed by atoms with E-state index in [2.05, 4.69) is 0 Å². The Bertz CT molecular complexity index is 588. The average Bonchev–Trinajstić information content (AvgIpc) is 2.35. The summed E-state index contributed by atoms with van der Waals surface area (Å²) in [5.74, 6) is -4.15. The summed E-state index contributed by atoms with van der Waals surface area (Å²) in [7, 11) is 0. The molecule has 0 heterocycles. The number of nitrogens with zero attached hydrogens (tertiary/aromatic N) is 1. The van der Waals surface area contributed by atoms with Gasteiger partial charge in [0.2, 0.25) is 0 Å². The van der Waals surface area contributed by atoms with E-state index >= 15 is 0 Å². The van der Waals surface area contributed by atoms with E-state index in [-0.39, 0.29) is 11.3 Å². The molecule has 0 saturated heterocycles. The van der Waals surface area contributed by atoms with Crippen molar-refractivity contribution in [2.45, 2.75) is 0 Å². The smallest absolute Gasteiger partial charge is 0.258 e. The zero-order chi connectivity index (χ0) is 13.3. The second-order valence-corrected chi connectivity index (χ2v) is 3.56. The molecule has 3 nitrogen and oxygen atoms in total. The lowest BCUT2D eigenvalue weighted by Gasteiger charge is -2.03. The largest absolute Gasteiger partial charge is 0.269 e. The third-order valence-corrected chi connectivity index (χ3v) is 2.40. The van der Waals surface area contributed by atoms with Crippen molar-refractivity contribution in [2.24, 2.45) is 0 Å². The highest BCUT2D eigenvalue weighted by molar-refractivity contribution is 5.64. The molecule has 6 heteroatoms. The van der Waals surface area contributed by atoms with Crippen molar-refractivity contribution in [2.75, 3.05) is 0 Å². The molecule has 2 aromatic rings. The Labute approximate surface area is 99.6 Å². The molecule has 18 heavy (non-hydrogen) atoms. The van der Waals surface area contributed by atoms with Gasteiger partial charge in [0.1, 0.15) is 0 Å². The van der Waals surface area contributed by atoms with Gasteiger partial charge in [0, 0.05) is 12.1 Å². The molecule has 0 aromatic heterocycles. The molecular weight excluding hydrogens is 247 g/mol. The summed E-state index contributed by atoms with van der Waals surface area (Å²) in [4.78, 5) is 9.85. The molecule has 2 aromatic carbocycles. The van der Waals surface area contributed by atoms with Crippen LogP contribution in [-0.2, 0) is 0 Å². The van der Waals surface area contributed by atoms with E-state index in [1.165, 1.54) is 24.3 Å². The first kappa shape index (κ1) is 12.1. The SMILES string of the molecule is O=[N+]([O-])c1ccc(-c2cc(F)c(F)c(F)c2)cc1. The molecule has 0 aliphatic heterocycles. The van der Waals surface area contributed by atoms with Crippen molar-refractivity contribution in [3.63, 3.8) is 0 Å². The summed E-state index contributed by atoms with van der Waals surface area (Å²) < 4.78 is 38.8. The van der Waals surface area contributed by atoms with Gasteiger partial charge in [-0.05, 0) is 35.4 Å². The molecule has 92 valence electrons. The summed E-state index contributed by atoms with van der Waals surface area (Å²) in [6.45, 7) is 0. The van der Waals surface area contributed by atoms with Crippen molar-refractivity contribution in [1.29, 1.82) is 0 Å². The van der Waals surface area contributed by atoms with E-state index in [1.54, 1.807) is 0 Å². The maximum absolute atomic E-state index is 13.0. The molecule has 0 amide bonds. The molecule has 0 aliphatic rings. The standard InChI is InChI=1S/C12H6F3NO2/c13-10-5-8(6-11(14)12(10)15)7-1-3-9(4-2-7)16(17)18/h1-6H. The Morgan fingerprint density at radius 3 is 1.83 bits per heavy atom. The number of rotatable bonds is 2. The van der Waals surface area contributed by atoms with Gasteiger partial charge in [0.05, 0.1) is 4.92 Å². The van der Waals surface area contributed by atoms with Gasteiger partial charge in [-0.15, -0.1) is 0 Å². The summed E-state index contributed by atoms with van der Waals surface area (Å²) in [6, 6.07) is 6.75. The lowest BCUT2D eigenvalue weighted by atomic mass is 10.0. The Hall–Kier alpha value is -2.37. The fraction of sp³-hybridized carbons (Fsp3) is 0. The molecule has 0 spiro atoms. The second kappa shape index (κ2) is 4.48. The van der Waals surface area contributed by atoms with Crippen LogP contribution in [0.5, 0.6) is 0 Å². The van der Waals surface area contributed by atoms with Crippen molar-refractivity contribution >= 4 is 5.69 Å². The van der Waals surface area contributed by atoms with Crippen LogP contribution < -0.4 is 0 Å².